The lowest BCUT2D eigenvalue weighted by atomic mass is 10.0. The number of phosphoric ester groups is 1. The molecule has 0 aromatic rings. The van der Waals surface area contributed by atoms with E-state index in [4.69, 9.17) is 13.8 Å². The summed E-state index contributed by atoms with van der Waals surface area (Å²) in [6, 6.07) is -0.901. The molecule has 536 valence electrons. The van der Waals surface area contributed by atoms with E-state index in [0.29, 0.717) is 17.4 Å². The van der Waals surface area contributed by atoms with Gasteiger partial charge in [0.2, 0.25) is 5.91 Å². The Balaban J connectivity index is 5.03. The van der Waals surface area contributed by atoms with Gasteiger partial charge in [0.05, 0.1) is 33.8 Å². The van der Waals surface area contributed by atoms with E-state index < -0.39 is 26.6 Å². The highest BCUT2D eigenvalue weighted by Gasteiger charge is 2.27. The van der Waals surface area contributed by atoms with Crippen LogP contribution in [0.2, 0.25) is 0 Å². The van der Waals surface area contributed by atoms with Crippen LogP contribution in [0.1, 0.15) is 342 Å². The number of allylic oxidation sites excluding steroid dienone is 19. The summed E-state index contributed by atoms with van der Waals surface area (Å²) in [4.78, 5) is 40.3. The number of phosphoric acid groups is 1. The molecule has 0 saturated carbocycles. The summed E-state index contributed by atoms with van der Waals surface area (Å²) < 4.78 is 30.5. The lowest BCUT2D eigenvalue weighted by molar-refractivity contribution is -0.870. The first kappa shape index (κ1) is 89.4. The largest absolute Gasteiger partial charge is 0.756 e. The number of carbonyl (C=O) groups is 2. The highest BCUT2D eigenvalue weighted by Crippen LogP contribution is 2.38. The molecular weight excluding hydrogens is 1170 g/mol. The second-order valence-corrected chi connectivity index (χ2v) is 28.5. The molecule has 3 unspecified atom stereocenters. The fourth-order valence-electron chi connectivity index (χ4n) is 10.9. The number of quaternary nitrogens is 1. The molecule has 0 fully saturated rings. The molecule has 1 N–H and O–H groups in total. The van der Waals surface area contributed by atoms with Gasteiger partial charge in [-0.05, 0) is 122 Å². The van der Waals surface area contributed by atoms with E-state index in [2.05, 4.69) is 135 Å². The predicted molar refractivity (Wildman–Crippen MR) is 403 cm³/mol. The van der Waals surface area contributed by atoms with Gasteiger partial charge in [0.25, 0.3) is 7.82 Å². The summed E-state index contributed by atoms with van der Waals surface area (Å²) in [6.45, 7) is 6.73. The Morgan fingerprint density at radius 1 is 0.387 bits per heavy atom. The zero-order valence-corrected chi connectivity index (χ0v) is 62.3. The van der Waals surface area contributed by atoms with Gasteiger partial charge in [-0.3, -0.25) is 14.2 Å². The summed E-state index contributed by atoms with van der Waals surface area (Å²) in [7, 11) is 1.17. The van der Waals surface area contributed by atoms with Gasteiger partial charge in [0, 0.05) is 12.8 Å². The van der Waals surface area contributed by atoms with Crippen LogP contribution >= 0.6 is 7.82 Å². The summed E-state index contributed by atoms with van der Waals surface area (Å²) in [5.74, 6) is -0.547. The molecule has 0 aromatic carbocycles. The monoisotopic (exact) mass is 1320 g/mol. The van der Waals surface area contributed by atoms with E-state index in [9.17, 15) is 19.0 Å². The SMILES string of the molecule is CC/C=C\C/C=C\C/C=C\C/C=C\C/C=C\C/C=C\CCCCCCCCCCC(=O)OC(/C=C/CCCCCCCCCCCCC)C(COP(=O)([O-])OCC[N+](C)(C)C)NC(=O)CCCCCCCCCCCCCCCC/C=C\C/C=C\C/C=C\CCCCC. The molecule has 0 spiro atoms. The van der Waals surface area contributed by atoms with Crippen LogP contribution in [0.25, 0.3) is 0 Å². The van der Waals surface area contributed by atoms with Gasteiger partial charge >= 0.3 is 5.97 Å². The van der Waals surface area contributed by atoms with Crippen molar-refractivity contribution in [1.82, 2.24) is 5.32 Å². The number of hydrogen-bond donors (Lipinski definition) is 1. The zero-order valence-electron chi connectivity index (χ0n) is 61.4. The van der Waals surface area contributed by atoms with Crippen LogP contribution in [0.4, 0.5) is 0 Å². The summed E-state index contributed by atoms with van der Waals surface area (Å²) in [5, 5.41) is 3.05. The minimum Gasteiger partial charge on any atom is -0.756 e. The molecule has 3 atom stereocenters. The van der Waals surface area contributed by atoms with Crippen LogP contribution in [0.15, 0.2) is 122 Å². The molecule has 1 amide bonds. The highest BCUT2D eigenvalue weighted by molar-refractivity contribution is 7.45. The Hall–Kier alpha value is -3.59. The van der Waals surface area contributed by atoms with Crippen LogP contribution < -0.4 is 10.2 Å². The second-order valence-electron chi connectivity index (χ2n) is 27.1. The van der Waals surface area contributed by atoms with Crippen LogP contribution in [0, 0.1) is 0 Å². The summed E-state index contributed by atoms with van der Waals surface area (Å²) in [6.07, 6.45) is 100. The van der Waals surface area contributed by atoms with E-state index in [-0.39, 0.29) is 24.9 Å². The number of carbonyl (C=O) groups excluding carboxylic acids is 2. The molecule has 0 bridgehead atoms. The van der Waals surface area contributed by atoms with Crippen LogP contribution in [-0.4, -0.2) is 69.4 Å². The Kier molecular flexibility index (Phi) is 68.4. The molecule has 0 saturated heterocycles. The van der Waals surface area contributed by atoms with Crippen LogP contribution in [0.5, 0.6) is 0 Å². The van der Waals surface area contributed by atoms with Gasteiger partial charge < -0.3 is 28.5 Å². The number of nitrogens with zero attached hydrogens (tertiary/aromatic N) is 1. The lowest BCUT2D eigenvalue weighted by Gasteiger charge is -2.30. The number of nitrogens with one attached hydrogen (secondary N) is 1. The predicted octanol–water partition coefficient (Wildman–Crippen LogP) is 24.7. The average molecular weight is 1320 g/mol. The first-order valence-electron chi connectivity index (χ1n) is 38.8. The molecule has 0 rings (SSSR count). The third-order valence-electron chi connectivity index (χ3n) is 16.9. The van der Waals surface area contributed by atoms with Crippen LogP contribution in [-0.2, 0) is 27.9 Å². The lowest BCUT2D eigenvalue weighted by Crippen LogP contribution is -2.47. The number of likely N-dealkylation sites (N-methyl/N-ethyl adjacent to an activating group) is 1. The van der Waals surface area contributed by atoms with Gasteiger partial charge in [0.1, 0.15) is 19.3 Å². The standard InChI is InChI=1S/C83H147N2O7P/c1-7-10-13-16-19-22-25-28-30-32-34-36-38-40-42-44-46-48-50-52-54-57-60-63-66-69-72-75-82(86)84-80(79-91-93(88,89)90-78-77-85(4,5)6)81(74-71-68-65-62-59-56-27-24-21-18-15-12-9-3)92-83(87)76-73-70-67-64-61-58-55-53-51-49-47-45-43-41-39-37-35-33-31-29-26-23-20-17-14-11-8-2/h11,14,19-20,22-23,28-31,34-37,41,43,47,49,71,74,80-81H,7-10,12-13,15-18,21,24-27,32-33,38-40,42,44-46,48,50-70,72-73,75-79H2,1-6H3,(H-,84,86,88,89)/b14-11-,22-19-,23-20-,30-28-,31-29-,36-34-,37-35-,43-41-,49-47-,74-71+. The molecule has 10 heteroatoms. The quantitative estimate of drug-likeness (QED) is 0.0212. The minimum absolute atomic E-state index is 0.0283. The van der Waals surface area contributed by atoms with E-state index in [1.165, 1.54) is 186 Å². The number of esters is 1. The van der Waals surface area contributed by atoms with E-state index in [1.54, 1.807) is 0 Å². The second kappa shape index (κ2) is 71.2. The van der Waals surface area contributed by atoms with Crippen molar-refractivity contribution in [2.75, 3.05) is 40.9 Å². The highest BCUT2D eigenvalue weighted by atomic mass is 31.2. The van der Waals surface area contributed by atoms with E-state index >= 15 is 0 Å². The zero-order chi connectivity index (χ0) is 67.8. The van der Waals surface area contributed by atoms with Gasteiger partial charge in [0.15, 0.2) is 0 Å². The minimum atomic E-state index is -4.72. The first-order chi connectivity index (χ1) is 45.4. The average Bonchev–Trinajstić information content (AvgIpc) is 2.15. The Morgan fingerprint density at radius 2 is 0.688 bits per heavy atom. The maximum atomic E-state index is 13.7. The summed E-state index contributed by atoms with van der Waals surface area (Å²) >= 11 is 0. The molecule has 0 aliphatic heterocycles. The van der Waals surface area contributed by atoms with Crippen LogP contribution in [0.3, 0.4) is 0 Å². The summed E-state index contributed by atoms with van der Waals surface area (Å²) in [5.41, 5.74) is 0. The van der Waals surface area contributed by atoms with Gasteiger partial charge in [-0.1, -0.05) is 329 Å². The van der Waals surface area contributed by atoms with Crippen molar-refractivity contribution in [3.8, 4) is 0 Å². The maximum absolute atomic E-state index is 13.7. The Labute approximate surface area is 575 Å². The number of ether oxygens (including phenoxy) is 1. The maximum Gasteiger partial charge on any atom is 0.306 e. The van der Waals surface area contributed by atoms with Crippen molar-refractivity contribution in [2.24, 2.45) is 0 Å². The molecule has 0 aliphatic carbocycles. The molecule has 0 aliphatic rings. The molecular formula is C83H147N2O7P. The van der Waals surface area contributed by atoms with Crippen molar-refractivity contribution in [3.63, 3.8) is 0 Å². The fraction of sp³-hybridized carbons (Fsp3) is 0.735. The smallest absolute Gasteiger partial charge is 0.306 e. The molecule has 0 heterocycles. The van der Waals surface area contributed by atoms with E-state index in [0.717, 1.165) is 122 Å². The number of hydrogen-bond acceptors (Lipinski definition) is 7. The van der Waals surface area contributed by atoms with Crippen molar-refractivity contribution in [3.05, 3.63) is 122 Å². The normalized spacial score (nSPS) is 14.1. The van der Waals surface area contributed by atoms with Crippen molar-refractivity contribution < 1.29 is 37.3 Å². The topological polar surface area (TPSA) is 114 Å². The Bertz CT molecular complexity index is 2010. The van der Waals surface area contributed by atoms with Gasteiger partial charge in [-0.2, -0.15) is 0 Å². The molecule has 0 radical (unpaired) electrons. The first-order valence-corrected chi connectivity index (χ1v) is 40.3. The van der Waals surface area contributed by atoms with E-state index in [1.807, 2.05) is 33.3 Å². The third kappa shape index (κ3) is 72.5. The number of amides is 1. The fourth-order valence-corrected chi connectivity index (χ4v) is 11.7. The van der Waals surface area contributed by atoms with Gasteiger partial charge in [-0.25, -0.2) is 0 Å². The molecule has 9 nitrogen and oxygen atoms in total. The van der Waals surface area contributed by atoms with Crippen molar-refractivity contribution in [2.45, 2.75) is 354 Å². The number of rotatable bonds is 70. The third-order valence-corrected chi connectivity index (χ3v) is 17.8. The van der Waals surface area contributed by atoms with Gasteiger partial charge in [-0.15, -0.1) is 0 Å². The number of unbranched alkanes of at least 4 members (excludes halogenated alkanes) is 36. The molecule has 93 heavy (non-hydrogen) atoms. The Morgan fingerprint density at radius 3 is 1.05 bits per heavy atom. The van der Waals surface area contributed by atoms with Crippen molar-refractivity contribution >= 4 is 19.7 Å². The molecule has 0 aromatic heterocycles. The van der Waals surface area contributed by atoms with Crippen molar-refractivity contribution in [1.29, 1.82) is 0 Å².